The fourth-order valence-electron chi connectivity index (χ4n) is 1.51. The summed E-state index contributed by atoms with van der Waals surface area (Å²) in [4.78, 5) is 23.2. The van der Waals surface area contributed by atoms with Crippen LogP contribution >= 0.6 is 0 Å². The van der Waals surface area contributed by atoms with Gasteiger partial charge in [0.15, 0.2) is 5.60 Å². The lowest BCUT2D eigenvalue weighted by molar-refractivity contribution is -0.173. The molecule has 0 amide bonds. The van der Waals surface area contributed by atoms with Crippen LogP contribution in [0.25, 0.3) is 0 Å². The minimum Gasteiger partial charge on any atom is -0.466 e. The number of aliphatic hydroxyl groups is 1. The number of esters is 2. The molecule has 0 aliphatic rings. The first-order valence-electron chi connectivity index (χ1n) is 6.41. The molecule has 5 heteroatoms. The molecule has 18 heavy (non-hydrogen) atoms. The fraction of sp³-hybridized carbons (Fsp3) is 0.846. The third-order valence-corrected chi connectivity index (χ3v) is 2.53. The van der Waals surface area contributed by atoms with Crippen molar-refractivity contribution in [3.05, 3.63) is 0 Å². The minimum absolute atomic E-state index is 0.172. The van der Waals surface area contributed by atoms with E-state index in [0.29, 0.717) is 12.3 Å². The van der Waals surface area contributed by atoms with Gasteiger partial charge in [-0.1, -0.05) is 13.8 Å². The lowest BCUT2D eigenvalue weighted by Gasteiger charge is -2.25. The number of carbonyl (C=O) groups is 2. The molecule has 0 aromatic heterocycles. The molecule has 0 radical (unpaired) electrons. The fourth-order valence-corrected chi connectivity index (χ4v) is 1.51. The first-order chi connectivity index (χ1) is 8.35. The van der Waals surface area contributed by atoms with E-state index in [4.69, 9.17) is 9.47 Å². The molecular weight excluding hydrogens is 236 g/mol. The summed E-state index contributed by atoms with van der Waals surface area (Å²) < 4.78 is 9.59. The van der Waals surface area contributed by atoms with Gasteiger partial charge in [0.1, 0.15) is 0 Å². The van der Waals surface area contributed by atoms with Crippen LogP contribution in [-0.4, -0.2) is 35.9 Å². The number of ether oxygens (including phenoxy) is 2. The molecule has 106 valence electrons. The summed E-state index contributed by atoms with van der Waals surface area (Å²) in [5.74, 6) is -1.01. The summed E-state index contributed by atoms with van der Waals surface area (Å²) in [5.41, 5.74) is -1.77. The van der Waals surface area contributed by atoms with Crippen molar-refractivity contribution in [3.8, 4) is 0 Å². The molecule has 1 N–H and O–H groups in total. The maximum Gasteiger partial charge on any atom is 0.338 e. The van der Waals surface area contributed by atoms with Gasteiger partial charge >= 0.3 is 11.9 Å². The molecule has 0 saturated heterocycles. The van der Waals surface area contributed by atoms with Crippen LogP contribution in [0.1, 0.15) is 47.0 Å². The Morgan fingerprint density at radius 3 is 2.17 bits per heavy atom. The van der Waals surface area contributed by atoms with Crippen LogP contribution in [0.3, 0.4) is 0 Å². The van der Waals surface area contributed by atoms with Crippen molar-refractivity contribution >= 4 is 11.9 Å². The summed E-state index contributed by atoms with van der Waals surface area (Å²) >= 11 is 0. The van der Waals surface area contributed by atoms with Gasteiger partial charge in [0.2, 0.25) is 0 Å². The third kappa shape index (κ3) is 6.00. The molecule has 0 fully saturated rings. The Labute approximate surface area is 108 Å². The quantitative estimate of drug-likeness (QED) is 0.672. The molecule has 0 saturated carbocycles. The van der Waals surface area contributed by atoms with Crippen molar-refractivity contribution in [3.63, 3.8) is 0 Å². The lowest BCUT2D eigenvalue weighted by Crippen LogP contribution is -2.43. The zero-order valence-corrected chi connectivity index (χ0v) is 11.7. The smallest absolute Gasteiger partial charge is 0.338 e. The van der Waals surface area contributed by atoms with Crippen LogP contribution in [0.4, 0.5) is 0 Å². The van der Waals surface area contributed by atoms with Crippen LogP contribution in [0.15, 0.2) is 0 Å². The predicted molar refractivity (Wildman–Crippen MR) is 66.9 cm³/mol. The van der Waals surface area contributed by atoms with E-state index in [-0.39, 0.29) is 26.1 Å². The Kier molecular flexibility index (Phi) is 7.59. The summed E-state index contributed by atoms with van der Waals surface area (Å²) in [6.07, 6.45) is 0.476. The second kappa shape index (κ2) is 8.08. The highest BCUT2D eigenvalue weighted by Crippen LogP contribution is 2.23. The van der Waals surface area contributed by atoms with E-state index in [1.165, 1.54) is 0 Å². The van der Waals surface area contributed by atoms with Crippen LogP contribution in [0, 0.1) is 5.92 Å². The molecule has 0 aliphatic carbocycles. The highest BCUT2D eigenvalue weighted by molar-refractivity contribution is 5.85. The topological polar surface area (TPSA) is 72.8 Å². The summed E-state index contributed by atoms with van der Waals surface area (Å²) in [7, 11) is 0. The lowest BCUT2D eigenvalue weighted by atomic mass is 9.90. The number of carbonyl (C=O) groups excluding carboxylic acids is 2. The molecule has 0 spiro atoms. The molecule has 1 unspecified atom stereocenters. The van der Waals surface area contributed by atoms with Gasteiger partial charge in [0.05, 0.1) is 19.6 Å². The first-order valence-corrected chi connectivity index (χ1v) is 6.41. The van der Waals surface area contributed by atoms with Crippen molar-refractivity contribution < 1.29 is 24.2 Å². The van der Waals surface area contributed by atoms with E-state index in [1.54, 1.807) is 13.8 Å². The van der Waals surface area contributed by atoms with Crippen molar-refractivity contribution in [1.82, 2.24) is 0 Å². The Morgan fingerprint density at radius 2 is 1.72 bits per heavy atom. The molecule has 1 atom stereocenters. The summed E-state index contributed by atoms with van der Waals surface area (Å²) in [6.45, 7) is 7.69. The van der Waals surface area contributed by atoms with Gasteiger partial charge in [-0.05, 0) is 32.6 Å². The first kappa shape index (κ1) is 16.9. The summed E-state index contributed by atoms with van der Waals surface area (Å²) in [5, 5.41) is 10.3. The van der Waals surface area contributed by atoms with E-state index < -0.39 is 17.5 Å². The van der Waals surface area contributed by atoms with E-state index in [9.17, 15) is 14.7 Å². The molecule has 0 aromatic carbocycles. The largest absolute Gasteiger partial charge is 0.466 e. The van der Waals surface area contributed by atoms with Crippen LogP contribution < -0.4 is 0 Å². The van der Waals surface area contributed by atoms with Crippen molar-refractivity contribution in [2.75, 3.05) is 13.2 Å². The third-order valence-electron chi connectivity index (χ3n) is 2.53. The minimum atomic E-state index is -1.77. The molecular formula is C13H24O5. The van der Waals surface area contributed by atoms with Crippen molar-refractivity contribution in [2.45, 2.75) is 52.6 Å². The highest BCUT2D eigenvalue weighted by atomic mass is 16.6. The zero-order chi connectivity index (χ0) is 14.2. The Bertz CT molecular complexity index is 275. The molecule has 0 bridgehead atoms. The van der Waals surface area contributed by atoms with Crippen LogP contribution in [0.2, 0.25) is 0 Å². The Morgan fingerprint density at radius 1 is 1.17 bits per heavy atom. The molecule has 0 heterocycles. The van der Waals surface area contributed by atoms with E-state index in [0.717, 1.165) is 0 Å². The Hall–Kier alpha value is -1.10. The van der Waals surface area contributed by atoms with Gasteiger partial charge in [0, 0.05) is 0 Å². The monoisotopic (exact) mass is 260 g/mol. The normalized spacial score (nSPS) is 14.1. The van der Waals surface area contributed by atoms with Crippen LogP contribution in [0.5, 0.6) is 0 Å². The second-order valence-electron chi connectivity index (χ2n) is 4.67. The van der Waals surface area contributed by atoms with Gasteiger partial charge in [0.25, 0.3) is 0 Å². The second-order valence-corrected chi connectivity index (χ2v) is 4.67. The number of hydrogen-bond acceptors (Lipinski definition) is 5. The van der Waals surface area contributed by atoms with Gasteiger partial charge < -0.3 is 14.6 Å². The van der Waals surface area contributed by atoms with Gasteiger partial charge in [-0.25, -0.2) is 4.79 Å². The van der Waals surface area contributed by atoms with E-state index in [2.05, 4.69) is 0 Å². The molecule has 0 rings (SSSR count). The van der Waals surface area contributed by atoms with Crippen LogP contribution in [-0.2, 0) is 19.1 Å². The SMILES string of the molecule is CCOC(=O)CC(O)(CCC(C)C)C(=O)OCC. The number of rotatable bonds is 8. The van der Waals surface area contributed by atoms with Crippen molar-refractivity contribution in [1.29, 1.82) is 0 Å². The molecule has 5 nitrogen and oxygen atoms in total. The van der Waals surface area contributed by atoms with Gasteiger partial charge in [-0.2, -0.15) is 0 Å². The predicted octanol–water partition coefficient (Wildman–Crippen LogP) is 1.67. The maximum atomic E-state index is 11.7. The zero-order valence-electron chi connectivity index (χ0n) is 11.7. The van der Waals surface area contributed by atoms with E-state index in [1.807, 2.05) is 13.8 Å². The molecule has 0 aliphatic heterocycles. The average molecular weight is 260 g/mol. The summed E-state index contributed by atoms with van der Waals surface area (Å²) in [6, 6.07) is 0. The average Bonchev–Trinajstić information content (AvgIpc) is 2.27. The number of hydrogen-bond donors (Lipinski definition) is 1. The standard InChI is InChI=1S/C13H24O5/c1-5-17-11(14)9-13(16,8-7-10(3)4)12(15)18-6-2/h10,16H,5-9H2,1-4H3. The Balaban J connectivity index is 4.67. The van der Waals surface area contributed by atoms with E-state index >= 15 is 0 Å². The highest BCUT2D eigenvalue weighted by Gasteiger charge is 2.40. The van der Waals surface area contributed by atoms with Gasteiger partial charge in [-0.15, -0.1) is 0 Å². The maximum absolute atomic E-state index is 11.7. The van der Waals surface area contributed by atoms with Crippen molar-refractivity contribution in [2.24, 2.45) is 5.92 Å². The van der Waals surface area contributed by atoms with Gasteiger partial charge in [-0.3, -0.25) is 4.79 Å². The molecule has 0 aromatic rings.